The minimum atomic E-state index is -0.327. The number of nitrogens with one attached hydrogen (secondary N) is 1. The third kappa shape index (κ3) is 5.22. The molecule has 0 saturated carbocycles. The Hall–Kier alpha value is -3.81. The average Bonchev–Trinajstić information content (AvgIpc) is 3.44. The average molecular weight is 420 g/mol. The Bertz CT molecular complexity index is 1150. The number of nitrogens with zero attached hydrogens (tertiary/aromatic N) is 3. The summed E-state index contributed by atoms with van der Waals surface area (Å²) in [5.74, 6) is 0.593. The van der Waals surface area contributed by atoms with Crippen molar-refractivity contribution in [2.45, 2.75) is 32.6 Å². The van der Waals surface area contributed by atoms with Crippen LogP contribution in [0, 0.1) is 5.82 Å². The van der Waals surface area contributed by atoms with Crippen molar-refractivity contribution < 1.29 is 18.2 Å². The quantitative estimate of drug-likeness (QED) is 0.428. The molecule has 0 fully saturated rings. The zero-order valence-electron chi connectivity index (χ0n) is 17.0. The van der Waals surface area contributed by atoms with Crippen LogP contribution in [0.3, 0.4) is 0 Å². The Labute approximate surface area is 178 Å². The second kappa shape index (κ2) is 9.34. The molecule has 0 saturated heterocycles. The molecule has 2 aromatic heterocycles. The predicted octanol–water partition coefficient (Wildman–Crippen LogP) is 5.05. The van der Waals surface area contributed by atoms with Crippen molar-refractivity contribution in [3.8, 4) is 22.6 Å². The lowest BCUT2D eigenvalue weighted by Gasteiger charge is -1.99. The first-order valence-corrected chi connectivity index (χ1v) is 10.0. The molecular formula is C23H21FN4O3. The Kier molecular flexibility index (Phi) is 6.16. The summed E-state index contributed by atoms with van der Waals surface area (Å²) in [6.45, 7) is 2.10. The molecule has 2 aromatic carbocycles. The molecule has 0 bridgehead atoms. The van der Waals surface area contributed by atoms with Gasteiger partial charge in [0.2, 0.25) is 23.5 Å². The zero-order valence-corrected chi connectivity index (χ0v) is 17.0. The van der Waals surface area contributed by atoms with Crippen LogP contribution in [0.25, 0.3) is 22.6 Å². The predicted molar refractivity (Wildman–Crippen MR) is 113 cm³/mol. The standard InChI is InChI=1S/C23H21FN4O3/c1-2-15-6-8-16(9-7-15)19-14-22(31-27-19)25-20(29)4-3-5-21-26-23(28-30-21)17-10-12-18(24)13-11-17/h6-14H,2-5H2,1H3,(H,25,29). The Balaban J connectivity index is 1.26. The van der Waals surface area contributed by atoms with Crippen molar-refractivity contribution in [2.24, 2.45) is 0 Å². The van der Waals surface area contributed by atoms with E-state index in [4.69, 9.17) is 9.05 Å². The lowest BCUT2D eigenvalue weighted by molar-refractivity contribution is -0.116. The molecule has 8 heteroatoms. The van der Waals surface area contributed by atoms with Crippen molar-refractivity contribution in [3.63, 3.8) is 0 Å². The number of halogens is 1. The third-order valence-corrected chi connectivity index (χ3v) is 4.80. The van der Waals surface area contributed by atoms with Crippen molar-refractivity contribution in [1.82, 2.24) is 15.3 Å². The van der Waals surface area contributed by atoms with Crippen molar-refractivity contribution in [2.75, 3.05) is 5.32 Å². The molecule has 4 rings (SSSR count). The first kappa shape index (κ1) is 20.5. The van der Waals surface area contributed by atoms with Crippen LogP contribution in [0.4, 0.5) is 10.3 Å². The molecule has 2 heterocycles. The number of carbonyl (C=O) groups is 1. The number of amides is 1. The zero-order chi connectivity index (χ0) is 21.6. The molecule has 0 aliphatic rings. The molecule has 0 spiro atoms. The van der Waals surface area contributed by atoms with E-state index in [1.807, 2.05) is 24.3 Å². The van der Waals surface area contributed by atoms with E-state index >= 15 is 0 Å². The normalized spacial score (nSPS) is 10.9. The van der Waals surface area contributed by atoms with Gasteiger partial charge in [-0.15, -0.1) is 0 Å². The van der Waals surface area contributed by atoms with E-state index in [1.165, 1.54) is 17.7 Å². The number of aromatic nitrogens is 3. The monoisotopic (exact) mass is 420 g/mol. The number of hydrogen-bond acceptors (Lipinski definition) is 6. The number of hydrogen-bond donors (Lipinski definition) is 1. The summed E-state index contributed by atoms with van der Waals surface area (Å²) < 4.78 is 23.4. The van der Waals surface area contributed by atoms with Crippen molar-refractivity contribution in [1.29, 1.82) is 0 Å². The number of anilines is 1. The molecule has 0 atom stereocenters. The summed E-state index contributed by atoms with van der Waals surface area (Å²) in [4.78, 5) is 16.5. The smallest absolute Gasteiger partial charge is 0.231 e. The summed E-state index contributed by atoms with van der Waals surface area (Å²) in [6, 6.07) is 15.6. The molecule has 0 aliphatic carbocycles. The topological polar surface area (TPSA) is 94.1 Å². The van der Waals surface area contributed by atoms with E-state index in [2.05, 4.69) is 27.5 Å². The van der Waals surface area contributed by atoms with Gasteiger partial charge in [-0.1, -0.05) is 41.5 Å². The number of carbonyl (C=O) groups excluding carboxylic acids is 1. The van der Waals surface area contributed by atoms with Gasteiger partial charge in [0.25, 0.3) is 0 Å². The van der Waals surface area contributed by atoms with Gasteiger partial charge in [-0.05, 0) is 42.7 Å². The Morgan fingerprint density at radius 1 is 1.00 bits per heavy atom. The van der Waals surface area contributed by atoms with Crippen LogP contribution in [-0.2, 0) is 17.6 Å². The molecule has 1 amide bonds. The number of benzene rings is 2. The molecule has 1 N–H and O–H groups in total. The summed E-state index contributed by atoms with van der Waals surface area (Å²) in [6.07, 6.45) is 2.20. The van der Waals surface area contributed by atoms with Gasteiger partial charge in [0, 0.05) is 30.0 Å². The van der Waals surface area contributed by atoms with Crippen LogP contribution in [0.5, 0.6) is 0 Å². The van der Waals surface area contributed by atoms with Crippen LogP contribution in [0.2, 0.25) is 0 Å². The fraction of sp³-hybridized carbons (Fsp3) is 0.217. The van der Waals surface area contributed by atoms with Crippen molar-refractivity contribution >= 4 is 11.8 Å². The van der Waals surface area contributed by atoms with Crippen LogP contribution in [-0.4, -0.2) is 21.2 Å². The Morgan fingerprint density at radius 3 is 2.48 bits per heavy atom. The van der Waals surface area contributed by atoms with Gasteiger partial charge >= 0.3 is 0 Å². The van der Waals surface area contributed by atoms with E-state index in [-0.39, 0.29) is 18.1 Å². The highest BCUT2D eigenvalue weighted by molar-refractivity contribution is 5.89. The number of rotatable bonds is 8. The summed E-state index contributed by atoms with van der Waals surface area (Å²) in [5.41, 5.74) is 3.50. The van der Waals surface area contributed by atoms with Gasteiger partial charge in [0.05, 0.1) is 0 Å². The van der Waals surface area contributed by atoms with E-state index in [0.717, 1.165) is 12.0 Å². The summed E-state index contributed by atoms with van der Waals surface area (Å²) in [5, 5.41) is 10.6. The lowest BCUT2D eigenvalue weighted by Crippen LogP contribution is -2.10. The van der Waals surface area contributed by atoms with Crippen molar-refractivity contribution in [3.05, 3.63) is 71.9 Å². The first-order valence-electron chi connectivity index (χ1n) is 10.0. The second-order valence-corrected chi connectivity index (χ2v) is 7.05. The van der Waals surface area contributed by atoms with Crippen LogP contribution >= 0.6 is 0 Å². The summed E-state index contributed by atoms with van der Waals surface area (Å²) in [7, 11) is 0. The van der Waals surface area contributed by atoms with E-state index in [1.54, 1.807) is 18.2 Å². The van der Waals surface area contributed by atoms with Gasteiger partial charge in [0.15, 0.2) is 0 Å². The maximum Gasteiger partial charge on any atom is 0.231 e. The van der Waals surface area contributed by atoms with Gasteiger partial charge < -0.3 is 9.05 Å². The molecular weight excluding hydrogens is 399 g/mol. The molecule has 0 aliphatic heterocycles. The van der Waals surface area contributed by atoms with Crippen LogP contribution in [0.15, 0.2) is 63.6 Å². The maximum absolute atomic E-state index is 13.0. The first-order chi connectivity index (χ1) is 15.1. The highest BCUT2D eigenvalue weighted by atomic mass is 19.1. The van der Waals surface area contributed by atoms with Gasteiger partial charge in [0.1, 0.15) is 11.5 Å². The lowest BCUT2D eigenvalue weighted by atomic mass is 10.1. The Morgan fingerprint density at radius 2 is 1.74 bits per heavy atom. The molecule has 0 radical (unpaired) electrons. The fourth-order valence-corrected chi connectivity index (χ4v) is 3.05. The third-order valence-electron chi connectivity index (χ3n) is 4.80. The molecule has 7 nitrogen and oxygen atoms in total. The molecule has 0 unspecified atom stereocenters. The van der Waals surface area contributed by atoms with Crippen LogP contribution in [0.1, 0.15) is 31.2 Å². The second-order valence-electron chi connectivity index (χ2n) is 7.05. The van der Waals surface area contributed by atoms with E-state index in [9.17, 15) is 9.18 Å². The van der Waals surface area contributed by atoms with E-state index < -0.39 is 0 Å². The van der Waals surface area contributed by atoms with E-state index in [0.29, 0.717) is 41.7 Å². The largest absolute Gasteiger partial charge is 0.339 e. The number of aryl methyl sites for hydroxylation is 2. The molecule has 31 heavy (non-hydrogen) atoms. The van der Waals surface area contributed by atoms with Crippen LogP contribution < -0.4 is 5.32 Å². The maximum atomic E-state index is 13.0. The molecule has 158 valence electrons. The minimum Gasteiger partial charge on any atom is -0.339 e. The fourth-order valence-electron chi connectivity index (χ4n) is 3.05. The highest BCUT2D eigenvalue weighted by Crippen LogP contribution is 2.22. The van der Waals surface area contributed by atoms with Gasteiger partial charge in [-0.25, -0.2) is 4.39 Å². The highest BCUT2D eigenvalue weighted by Gasteiger charge is 2.12. The van der Waals surface area contributed by atoms with Gasteiger partial charge in [-0.2, -0.15) is 4.98 Å². The summed E-state index contributed by atoms with van der Waals surface area (Å²) >= 11 is 0. The minimum absolute atomic E-state index is 0.192. The SMILES string of the molecule is CCc1ccc(-c2cc(NC(=O)CCCc3nc(-c4ccc(F)cc4)no3)on2)cc1. The van der Waals surface area contributed by atoms with Gasteiger partial charge in [-0.3, -0.25) is 10.1 Å². The molecule has 4 aromatic rings.